The summed E-state index contributed by atoms with van der Waals surface area (Å²) < 4.78 is 1.47. The van der Waals surface area contributed by atoms with Crippen LogP contribution in [0.1, 0.15) is 11.1 Å². The molecule has 28 heavy (non-hydrogen) atoms. The summed E-state index contributed by atoms with van der Waals surface area (Å²) in [5.41, 5.74) is 2.08. The van der Waals surface area contributed by atoms with Crippen LogP contribution in [0.25, 0.3) is 28.4 Å². The van der Waals surface area contributed by atoms with Crippen molar-refractivity contribution in [1.29, 1.82) is 5.26 Å². The van der Waals surface area contributed by atoms with Crippen LogP contribution in [0.3, 0.4) is 0 Å². The molecule has 0 saturated heterocycles. The molecule has 0 radical (unpaired) electrons. The molecule has 6 nitrogen and oxygen atoms in total. The number of pyridine rings is 3. The van der Waals surface area contributed by atoms with E-state index >= 15 is 0 Å². The van der Waals surface area contributed by atoms with Crippen LogP contribution in [-0.4, -0.2) is 19.6 Å². The fraction of sp³-hybridized carbons (Fsp3) is 0. The van der Waals surface area contributed by atoms with Crippen LogP contribution in [0.5, 0.6) is 5.75 Å². The van der Waals surface area contributed by atoms with Gasteiger partial charge in [0.15, 0.2) is 0 Å². The van der Waals surface area contributed by atoms with E-state index in [1.807, 2.05) is 6.07 Å². The Bertz CT molecular complexity index is 1280. The molecule has 0 saturated carbocycles. The van der Waals surface area contributed by atoms with Crippen LogP contribution < -0.4 is 5.56 Å². The van der Waals surface area contributed by atoms with Crippen LogP contribution in [-0.2, 0) is 0 Å². The molecule has 0 aliphatic carbocycles. The highest BCUT2D eigenvalue weighted by Crippen LogP contribution is 2.21. The Morgan fingerprint density at radius 1 is 1.11 bits per heavy atom. The summed E-state index contributed by atoms with van der Waals surface area (Å²) in [6, 6.07) is 17.3. The highest BCUT2D eigenvalue weighted by molar-refractivity contribution is 5.91. The molecule has 1 N–H and O–H groups in total. The van der Waals surface area contributed by atoms with E-state index < -0.39 is 0 Å². The Morgan fingerprint density at radius 2 is 1.89 bits per heavy atom. The number of nitriles is 1. The van der Waals surface area contributed by atoms with E-state index in [9.17, 15) is 15.2 Å². The fourth-order valence-corrected chi connectivity index (χ4v) is 2.97. The zero-order valence-corrected chi connectivity index (χ0v) is 14.6. The molecule has 4 aromatic rings. The van der Waals surface area contributed by atoms with Gasteiger partial charge in [0.2, 0.25) is 0 Å². The summed E-state index contributed by atoms with van der Waals surface area (Å²) in [6.07, 6.45) is 6.38. The molecule has 0 aliphatic rings. The van der Waals surface area contributed by atoms with Crippen molar-refractivity contribution in [3.8, 4) is 17.5 Å². The standard InChI is InChI=1S/C22H14N4O2/c23-13-18(16-4-1-9-24-14-16)12-17-11-15-3-2-10-25-21(15)26(22(17)28)19-5-7-20(27)8-6-19/h1-12,14,27H/b18-12-. The van der Waals surface area contributed by atoms with Gasteiger partial charge in [0.1, 0.15) is 11.4 Å². The van der Waals surface area contributed by atoms with Gasteiger partial charge in [0.25, 0.3) is 5.56 Å². The quantitative estimate of drug-likeness (QED) is 0.560. The number of aromatic hydroxyl groups is 1. The van der Waals surface area contributed by atoms with Gasteiger partial charge in [0.05, 0.1) is 17.3 Å². The maximum absolute atomic E-state index is 13.2. The van der Waals surface area contributed by atoms with Crippen molar-refractivity contribution in [3.63, 3.8) is 0 Å². The second-order valence-electron chi connectivity index (χ2n) is 6.08. The Labute approximate surface area is 160 Å². The lowest BCUT2D eigenvalue weighted by molar-refractivity contribution is 0.475. The molecule has 3 aromatic heterocycles. The van der Waals surface area contributed by atoms with Crippen LogP contribution in [0.4, 0.5) is 0 Å². The van der Waals surface area contributed by atoms with Crippen molar-refractivity contribution >= 4 is 22.7 Å². The SMILES string of the molecule is N#C/C(=C/c1cc2cccnc2n(-c2ccc(O)cc2)c1=O)c1cccnc1. The van der Waals surface area contributed by atoms with Gasteiger partial charge in [-0.25, -0.2) is 4.98 Å². The molecule has 0 fully saturated rings. The first-order valence-electron chi connectivity index (χ1n) is 8.50. The van der Waals surface area contributed by atoms with Crippen LogP contribution in [0.2, 0.25) is 0 Å². The molecular weight excluding hydrogens is 352 g/mol. The number of benzene rings is 1. The predicted molar refractivity (Wildman–Crippen MR) is 107 cm³/mol. The van der Waals surface area contributed by atoms with E-state index in [2.05, 4.69) is 16.0 Å². The predicted octanol–water partition coefficient (Wildman–Crippen LogP) is 3.55. The van der Waals surface area contributed by atoms with Crippen molar-refractivity contribution < 1.29 is 5.11 Å². The van der Waals surface area contributed by atoms with Gasteiger partial charge < -0.3 is 5.11 Å². The second kappa shape index (κ2) is 7.17. The fourth-order valence-electron chi connectivity index (χ4n) is 2.97. The average Bonchev–Trinajstić information content (AvgIpc) is 2.74. The first-order chi connectivity index (χ1) is 13.7. The molecule has 134 valence electrons. The monoisotopic (exact) mass is 366 g/mol. The number of hydrogen-bond acceptors (Lipinski definition) is 5. The first kappa shape index (κ1) is 17.2. The summed E-state index contributed by atoms with van der Waals surface area (Å²) >= 11 is 0. The Kier molecular flexibility index (Phi) is 4.40. The minimum Gasteiger partial charge on any atom is -0.508 e. The van der Waals surface area contributed by atoms with E-state index in [1.165, 1.54) is 16.7 Å². The third-order valence-corrected chi connectivity index (χ3v) is 4.29. The number of rotatable bonds is 3. The van der Waals surface area contributed by atoms with E-state index in [0.29, 0.717) is 28.0 Å². The van der Waals surface area contributed by atoms with Crippen LogP contribution in [0, 0.1) is 11.3 Å². The van der Waals surface area contributed by atoms with Crippen molar-refractivity contribution in [2.24, 2.45) is 0 Å². The normalized spacial score (nSPS) is 11.3. The molecule has 3 heterocycles. The molecule has 6 heteroatoms. The van der Waals surface area contributed by atoms with Crippen molar-refractivity contribution in [1.82, 2.24) is 14.5 Å². The summed E-state index contributed by atoms with van der Waals surface area (Å²) in [6.45, 7) is 0. The number of hydrogen-bond donors (Lipinski definition) is 1. The minimum atomic E-state index is -0.312. The molecule has 0 spiro atoms. The molecule has 0 amide bonds. The van der Waals surface area contributed by atoms with E-state index in [0.717, 1.165) is 5.39 Å². The lowest BCUT2D eigenvalue weighted by Crippen LogP contribution is -2.21. The number of fused-ring (bicyclic) bond motifs is 1. The molecule has 0 aliphatic heterocycles. The van der Waals surface area contributed by atoms with Crippen molar-refractivity contribution in [2.45, 2.75) is 0 Å². The number of aromatic nitrogens is 3. The van der Waals surface area contributed by atoms with E-state index in [4.69, 9.17) is 0 Å². The van der Waals surface area contributed by atoms with Gasteiger partial charge in [-0.2, -0.15) is 5.26 Å². The van der Waals surface area contributed by atoms with Gasteiger partial charge in [-0.15, -0.1) is 0 Å². The smallest absolute Gasteiger partial charge is 0.264 e. The number of phenols is 1. The number of allylic oxidation sites excluding steroid dienone is 1. The topological polar surface area (TPSA) is 91.8 Å². The zero-order valence-electron chi connectivity index (χ0n) is 14.6. The maximum Gasteiger partial charge on any atom is 0.264 e. The molecule has 0 bridgehead atoms. The van der Waals surface area contributed by atoms with Crippen LogP contribution in [0.15, 0.2) is 78.0 Å². The Balaban J connectivity index is 2.00. The second-order valence-corrected chi connectivity index (χ2v) is 6.08. The molecule has 1 aromatic carbocycles. The maximum atomic E-state index is 13.2. The summed E-state index contributed by atoms with van der Waals surface area (Å²) in [5, 5.41) is 19.9. The summed E-state index contributed by atoms with van der Waals surface area (Å²) in [7, 11) is 0. The Hall–Kier alpha value is -4.24. The molecule has 0 atom stereocenters. The number of phenolic OH excluding ortho intramolecular Hbond substituents is 1. The lowest BCUT2D eigenvalue weighted by Gasteiger charge is -2.11. The average molecular weight is 366 g/mol. The van der Waals surface area contributed by atoms with Gasteiger partial charge in [-0.3, -0.25) is 14.3 Å². The minimum absolute atomic E-state index is 0.105. The first-order valence-corrected chi connectivity index (χ1v) is 8.50. The third-order valence-electron chi connectivity index (χ3n) is 4.29. The highest BCUT2D eigenvalue weighted by Gasteiger charge is 2.12. The molecular formula is C22H14N4O2. The largest absolute Gasteiger partial charge is 0.508 e. The van der Waals surface area contributed by atoms with E-state index in [1.54, 1.807) is 61.1 Å². The summed E-state index contributed by atoms with van der Waals surface area (Å²) in [5.74, 6) is 0.105. The highest BCUT2D eigenvalue weighted by atomic mass is 16.3. The Morgan fingerprint density at radius 3 is 2.61 bits per heavy atom. The third kappa shape index (κ3) is 3.13. The molecule has 4 rings (SSSR count). The van der Waals surface area contributed by atoms with Gasteiger partial charge in [-0.05, 0) is 54.6 Å². The zero-order chi connectivity index (χ0) is 19.5. The summed E-state index contributed by atoms with van der Waals surface area (Å²) in [4.78, 5) is 21.6. The van der Waals surface area contributed by atoms with Gasteiger partial charge in [0, 0.05) is 35.1 Å². The molecule has 0 unspecified atom stereocenters. The lowest BCUT2D eigenvalue weighted by atomic mass is 10.1. The number of nitrogens with zero attached hydrogens (tertiary/aromatic N) is 4. The van der Waals surface area contributed by atoms with Gasteiger partial charge in [-0.1, -0.05) is 6.07 Å². The van der Waals surface area contributed by atoms with E-state index in [-0.39, 0.29) is 11.3 Å². The van der Waals surface area contributed by atoms with Crippen molar-refractivity contribution in [3.05, 3.63) is 94.7 Å². The van der Waals surface area contributed by atoms with Crippen molar-refractivity contribution in [2.75, 3.05) is 0 Å². The van der Waals surface area contributed by atoms with Crippen LogP contribution >= 0.6 is 0 Å². The van der Waals surface area contributed by atoms with Gasteiger partial charge >= 0.3 is 0 Å².